The van der Waals surface area contributed by atoms with Crippen molar-refractivity contribution in [2.45, 2.75) is 26.2 Å². The molecule has 23 heavy (non-hydrogen) atoms. The Morgan fingerprint density at radius 3 is 2.87 bits per heavy atom. The molecular formula is C18H27N3O2. The standard InChI is InChI=1S/C18H27N3O2/c1-15-4-5-16(12-19-15)11-17-3-2-6-21(13-17)18(22)14-20-7-9-23-10-8-20/h4-5,12,17H,2-3,6-11,13-14H2,1H3/t17-/m0/s1. The van der Waals surface area contributed by atoms with E-state index in [1.54, 1.807) is 0 Å². The van der Waals surface area contributed by atoms with E-state index in [1.807, 2.05) is 13.1 Å². The summed E-state index contributed by atoms with van der Waals surface area (Å²) in [5.74, 6) is 0.834. The highest BCUT2D eigenvalue weighted by Gasteiger charge is 2.25. The lowest BCUT2D eigenvalue weighted by Crippen LogP contribution is -2.47. The van der Waals surface area contributed by atoms with Crippen LogP contribution in [0.15, 0.2) is 18.3 Å². The topological polar surface area (TPSA) is 45.7 Å². The van der Waals surface area contributed by atoms with E-state index in [9.17, 15) is 4.79 Å². The Morgan fingerprint density at radius 1 is 1.30 bits per heavy atom. The quantitative estimate of drug-likeness (QED) is 0.844. The molecule has 0 unspecified atom stereocenters. The molecule has 5 heteroatoms. The Morgan fingerprint density at radius 2 is 2.13 bits per heavy atom. The van der Waals surface area contributed by atoms with Crippen LogP contribution in [0.4, 0.5) is 0 Å². The van der Waals surface area contributed by atoms with Gasteiger partial charge in [-0.25, -0.2) is 0 Å². The summed E-state index contributed by atoms with van der Waals surface area (Å²) in [6.45, 7) is 7.59. The van der Waals surface area contributed by atoms with E-state index in [0.717, 1.165) is 57.9 Å². The second-order valence-electron chi connectivity index (χ2n) is 6.75. The number of piperidine rings is 1. The lowest BCUT2D eigenvalue weighted by atomic mass is 9.91. The van der Waals surface area contributed by atoms with Gasteiger partial charge in [-0.05, 0) is 43.7 Å². The predicted molar refractivity (Wildman–Crippen MR) is 89.2 cm³/mol. The van der Waals surface area contributed by atoms with E-state index in [0.29, 0.717) is 12.5 Å². The summed E-state index contributed by atoms with van der Waals surface area (Å²) < 4.78 is 5.35. The lowest BCUT2D eigenvalue weighted by Gasteiger charge is -2.35. The van der Waals surface area contributed by atoms with Gasteiger partial charge in [0.1, 0.15) is 0 Å². The molecule has 1 aromatic heterocycles. The maximum atomic E-state index is 12.5. The molecule has 126 valence electrons. The number of likely N-dealkylation sites (tertiary alicyclic amines) is 1. The van der Waals surface area contributed by atoms with Crippen LogP contribution in [0.25, 0.3) is 0 Å². The zero-order valence-electron chi connectivity index (χ0n) is 14.0. The Labute approximate surface area is 138 Å². The van der Waals surface area contributed by atoms with E-state index in [2.05, 4.69) is 26.9 Å². The molecule has 1 amide bonds. The van der Waals surface area contributed by atoms with Crippen LogP contribution in [0.3, 0.4) is 0 Å². The minimum Gasteiger partial charge on any atom is -0.379 e. The number of aromatic nitrogens is 1. The van der Waals surface area contributed by atoms with Gasteiger partial charge in [0.2, 0.25) is 5.91 Å². The van der Waals surface area contributed by atoms with Crippen LogP contribution in [-0.2, 0) is 16.0 Å². The maximum Gasteiger partial charge on any atom is 0.236 e. The van der Waals surface area contributed by atoms with E-state index >= 15 is 0 Å². The minimum absolute atomic E-state index is 0.277. The van der Waals surface area contributed by atoms with Gasteiger partial charge in [-0.2, -0.15) is 0 Å². The number of nitrogens with zero attached hydrogens (tertiary/aromatic N) is 3. The van der Waals surface area contributed by atoms with Gasteiger partial charge in [-0.3, -0.25) is 14.7 Å². The molecule has 5 nitrogen and oxygen atoms in total. The second-order valence-corrected chi connectivity index (χ2v) is 6.75. The Hall–Kier alpha value is -1.46. The summed E-state index contributed by atoms with van der Waals surface area (Å²) in [4.78, 5) is 21.2. The van der Waals surface area contributed by atoms with Crippen molar-refractivity contribution < 1.29 is 9.53 Å². The average molecular weight is 317 g/mol. The van der Waals surface area contributed by atoms with Gasteiger partial charge >= 0.3 is 0 Å². The van der Waals surface area contributed by atoms with Gasteiger partial charge in [0, 0.05) is 38.1 Å². The van der Waals surface area contributed by atoms with Gasteiger partial charge in [0.05, 0.1) is 19.8 Å². The number of hydrogen-bond donors (Lipinski definition) is 0. The first-order valence-electron chi connectivity index (χ1n) is 8.70. The molecule has 2 fully saturated rings. The zero-order valence-corrected chi connectivity index (χ0v) is 14.0. The Kier molecular flexibility index (Phi) is 5.62. The van der Waals surface area contributed by atoms with E-state index < -0.39 is 0 Å². The molecule has 0 radical (unpaired) electrons. The van der Waals surface area contributed by atoms with E-state index in [4.69, 9.17) is 4.74 Å². The molecular weight excluding hydrogens is 290 g/mol. The maximum absolute atomic E-state index is 12.5. The van der Waals surface area contributed by atoms with Crippen LogP contribution in [0.2, 0.25) is 0 Å². The van der Waals surface area contributed by atoms with Crippen molar-refractivity contribution in [2.75, 3.05) is 45.9 Å². The molecule has 0 aliphatic carbocycles. The second kappa shape index (κ2) is 7.88. The first kappa shape index (κ1) is 16.4. The Balaban J connectivity index is 1.50. The Bertz CT molecular complexity index is 512. The fourth-order valence-corrected chi connectivity index (χ4v) is 3.46. The van der Waals surface area contributed by atoms with E-state index in [-0.39, 0.29) is 5.91 Å². The fraction of sp³-hybridized carbons (Fsp3) is 0.667. The molecule has 1 aromatic rings. The third-order valence-corrected chi connectivity index (χ3v) is 4.83. The van der Waals surface area contributed by atoms with Crippen LogP contribution >= 0.6 is 0 Å². The van der Waals surface area contributed by atoms with Gasteiger partial charge in [-0.1, -0.05) is 6.07 Å². The summed E-state index contributed by atoms with van der Waals surface area (Å²) in [7, 11) is 0. The summed E-state index contributed by atoms with van der Waals surface area (Å²) in [5.41, 5.74) is 2.34. The van der Waals surface area contributed by atoms with Crippen molar-refractivity contribution in [1.29, 1.82) is 0 Å². The van der Waals surface area contributed by atoms with Crippen molar-refractivity contribution in [3.8, 4) is 0 Å². The molecule has 2 aliphatic heterocycles. The lowest BCUT2D eigenvalue weighted by molar-refractivity contribution is -0.135. The molecule has 3 rings (SSSR count). The highest BCUT2D eigenvalue weighted by molar-refractivity contribution is 5.78. The molecule has 0 bridgehead atoms. The van der Waals surface area contributed by atoms with E-state index in [1.165, 1.54) is 12.0 Å². The van der Waals surface area contributed by atoms with Crippen molar-refractivity contribution >= 4 is 5.91 Å². The molecule has 0 spiro atoms. The van der Waals surface area contributed by atoms with Crippen LogP contribution in [0.5, 0.6) is 0 Å². The predicted octanol–water partition coefficient (Wildman–Crippen LogP) is 1.50. The number of rotatable bonds is 4. The van der Waals surface area contributed by atoms with Crippen LogP contribution in [0, 0.1) is 12.8 Å². The highest BCUT2D eigenvalue weighted by atomic mass is 16.5. The SMILES string of the molecule is Cc1ccc(C[C@@H]2CCCN(C(=O)CN3CCOCC3)C2)cn1. The van der Waals surface area contributed by atoms with Crippen molar-refractivity contribution in [3.63, 3.8) is 0 Å². The molecule has 0 N–H and O–H groups in total. The molecule has 2 saturated heterocycles. The summed E-state index contributed by atoms with van der Waals surface area (Å²) in [6.07, 6.45) is 5.31. The van der Waals surface area contributed by atoms with Gasteiger partial charge in [-0.15, -0.1) is 0 Å². The van der Waals surface area contributed by atoms with Gasteiger partial charge in [0.15, 0.2) is 0 Å². The number of carbonyl (C=O) groups excluding carboxylic acids is 1. The number of carbonyl (C=O) groups is 1. The fourth-order valence-electron chi connectivity index (χ4n) is 3.46. The van der Waals surface area contributed by atoms with Crippen molar-refractivity contribution in [2.24, 2.45) is 5.92 Å². The van der Waals surface area contributed by atoms with Gasteiger partial charge < -0.3 is 9.64 Å². The normalized spacial score (nSPS) is 23.0. The number of aryl methyl sites for hydroxylation is 1. The van der Waals surface area contributed by atoms with Crippen LogP contribution < -0.4 is 0 Å². The number of pyridine rings is 1. The summed E-state index contributed by atoms with van der Waals surface area (Å²) >= 11 is 0. The van der Waals surface area contributed by atoms with Crippen LogP contribution in [0.1, 0.15) is 24.1 Å². The smallest absolute Gasteiger partial charge is 0.236 e. The number of ether oxygens (including phenoxy) is 1. The average Bonchev–Trinajstić information content (AvgIpc) is 2.58. The summed E-state index contributed by atoms with van der Waals surface area (Å²) in [6, 6.07) is 4.23. The summed E-state index contributed by atoms with van der Waals surface area (Å²) in [5, 5.41) is 0. The molecule has 3 heterocycles. The molecule has 0 aromatic carbocycles. The third kappa shape index (κ3) is 4.75. The molecule has 0 saturated carbocycles. The minimum atomic E-state index is 0.277. The number of hydrogen-bond acceptors (Lipinski definition) is 4. The number of amides is 1. The zero-order chi connectivity index (χ0) is 16.1. The van der Waals surface area contributed by atoms with Crippen LogP contribution in [-0.4, -0.2) is 66.6 Å². The first-order valence-corrected chi connectivity index (χ1v) is 8.70. The largest absolute Gasteiger partial charge is 0.379 e. The first-order chi connectivity index (χ1) is 11.2. The third-order valence-electron chi connectivity index (χ3n) is 4.83. The molecule has 1 atom stereocenters. The monoisotopic (exact) mass is 317 g/mol. The van der Waals surface area contributed by atoms with Crippen molar-refractivity contribution in [3.05, 3.63) is 29.6 Å². The van der Waals surface area contributed by atoms with Crippen molar-refractivity contribution in [1.82, 2.24) is 14.8 Å². The van der Waals surface area contributed by atoms with Gasteiger partial charge in [0.25, 0.3) is 0 Å². The molecule has 2 aliphatic rings. The number of morpholine rings is 1. The highest BCUT2D eigenvalue weighted by Crippen LogP contribution is 2.21.